The van der Waals surface area contributed by atoms with E-state index < -0.39 is 0 Å². The highest BCUT2D eigenvalue weighted by Crippen LogP contribution is 2.48. The lowest BCUT2D eigenvalue weighted by atomic mass is 9.65. The molecule has 0 unspecified atom stereocenters. The Morgan fingerprint density at radius 3 is 1.36 bits per heavy atom. The fourth-order valence-electron chi connectivity index (χ4n) is 11.0. The van der Waals surface area contributed by atoms with Crippen LogP contribution in [0.2, 0.25) is 0 Å². The van der Waals surface area contributed by atoms with Crippen LogP contribution in [-0.4, -0.2) is 6.54 Å². The Labute approximate surface area is 426 Å². The molecule has 0 bridgehead atoms. The van der Waals surface area contributed by atoms with E-state index in [0.29, 0.717) is 0 Å². The lowest BCUT2D eigenvalue weighted by Gasteiger charge is -2.39. The summed E-state index contributed by atoms with van der Waals surface area (Å²) in [5.74, 6) is 0. The number of halogens is 2. The van der Waals surface area contributed by atoms with E-state index in [9.17, 15) is 0 Å². The van der Waals surface area contributed by atoms with Gasteiger partial charge in [-0.25, -0.2) is 0 Å². The molecule has 9 aromatic rings. The van der Waals surface area contributed by atoms with Gasteiger partial charge in [0.25, 0.3) is 0 Å². The van der Waals surface area contributed by atoms with Crippen LogP contribution in [0.25, 0.3) is 44.5 Å². The molecule has 9 aromatic carbocycles. The minimum absolute atomic E-state index is 0.0551. The van der Waals surface area contributed by atoms with Crippen molar-refractivity contribution in [3.63, 3.8) is 0 Å². The van der Waals surface area contributed by atoms with E-state index in [2.05, 4.69) is 276 Å². The highest BCUT2D eigenvalue weighted by molar-refractivity contribution is 9.10. The SMILES string of the molecule is CCN(c1ccc(-c2ccc(Br)cc2)cc1)c1ccc(C2(c3ccc(N(c4ccc(-c5ccc(Br)cc5)cc4)c4ccccc4-c4cccc(-c5c(C)cc(C)cc5C)c4)cc3)CCCCC2)cc1. The molecule has 0 heterocycles. The van der Waals surface area contributed by atoms with Gasteiger partial charge in [-0.2, -0.15) is 0 Å². The van der Waals surface area contributed by atoms with E-state index in [0.717, 1.165) is 45.4 Å². The first-order valence-corrected chi connectivity index (χ1v) is 26.0. The van der Waals surface area contributed by atoms with Crippen molar-refractivity contribution in [2.24, 2.45) is 0 Å². The van der Waals surface area contributed by atoms with Gasteiger partial charge in [-0.15, -0.1) is 0 Å². The predicted octanol–water partition coefficient (Wildman–Crippen LogP) is 19.7. The van der Waals surface area contributed by atoms with Crippen molar-refractivity contribution in [3.8, 4) is 44.5 Å². The fourth-order valence-corrected chi connectivity index (χ4v) is 11.6. The van der Waals surface area contributed by atoms with Gasteiger partial charge >= 0.3 is 0 Å². The third-order valence-electron chi connectivity index (χ3n) is 14.4. The molecule has 69 heavy (non-hydrogen) atoms. The second-order valence-electron chi connectivity index (χ2n) is 18.8. The summed E-state index contributed by atoms with van der Waals surface area (Å²) < 4.78 is 2.17. The molecule has 0 spiro atoms. The summed E-state index contributed by atoms with van der Waals surface area (Å²) in [6, 6.07) is 76.9. The molecule has 1 aliphatic rings. The average molecular weight is 1030 g/mol. The van der Waals surface area contributed by atoms with Crippen molar-refractivity contribution >= 4 is 60.3 Å². The molecule has 1 fully saturated rings. The fraction of sp³-hybridized carbons (Fsp3) is 0.169. The Morgan fingerprint density at radius 2 is 0.855 bits per heavy atom. The van der Waals surface area contributed by atoms with Gasteiger partial charge in [0.2, 0.25) is 0 Å². The van der Waals surface area contributed by atoms with E-state index in [1.54, 1.807) is 0 Å². The second kappa shape index (κ2) is 20.2. The monoisotopic (exact) mass is 1020 g/mol. The zero-order valence-electron chi connectivity index (χ0n) is 40.0. The topological polar surface area (TPSA) is 6.48 Å². The third kappa shape index (κ3) is 9.63. The minimum Gasteiger partial charge on any atom is -0.342 e. The number of benzene rings is 9. The molecular formula is C65H58Br2N2. The zero-order valence-corrected chi connectivity index (χ0v) is 43.2. The summed E-state index contributed by atoms with van der Waals surface area (Å²) in [7, 11) is 0. The average Bonchev–Trinajstić information content (AvgIpc) is 3.38. The molecule has 4 heteroatoms. The van der Waals surface area contributed by atoms with Crippen LogP contribution in [0.15, 0.2) is 215 Å². The van der Waals surface area contributed by atoms with Crippen LogP contribution in [0.3, 0.4) is 0 Å². The van der Waals surface area contributed by atoms with Crippen molar-refractivity contribution in [2.75, 3.05) is 16.3 Å². The Kier molecular flexibility index (Phi) is 13.6. The molecule has 0 aliphatic heterocycles. The molecule has 1 aliphatic carbocycles. The van der Waals surface area contributed by atoms with Gasteiger partial charge in [-0.3, -0.25) is 0 Å². The number of para-hydroxylation sites is 1. The first kappa shape index (κ1) is 46.3. The molecule has 0 saturated heterocycles. The maximum absolute atomic E-state index is 3.62. The van der Waals surface area contributed by atoms with Gasteiger partial charge in [-0.05, 0) is 187 Å². The molecule has 2 nitrogen and oxygen atoms in total. The Balaban J connectivity index is 1.01. The molecule has 0 aromatic heterocycles. The van der Waals surface area contributed by atoms with Crippen molar-refractivity contribution in [2.45, 2.75) is 65.2 Å². The standard InChI is InChI=1S/C65H58Br2N2/c1-5-68(58-32-20-50(21-33-58)48-16-28-56(66)29-17-48)59-36-24-54(25-37-59)65(40-9-6-10-41-65)55-26-38-61(39-27-55)69(60-34-22-51(23-35-60)49-18-30-57(67)31-19-49)63-15-8-7-14-62(63)52-12-11-13-53(44-52)64-46(3)42-45(2)43-47(64)4/h7-8,11-39,42-44H,5-6,9-10,40-41H2,1-4H3. The van der Waals surface area contributed by atoms with E-state index in [1.165, 1.54) is 103 Å². The van der Waals surface area contributed by atoms with E-state index in [1.807, 2.05) is 0 Å². The molecule has 0 amide bonds. The number of nitrogens with zero attached hydrogens (tertiary/aromatic N) is 2. The van der Waals surface area contributed by atoms with Crippen molar-refractivity contribution in [1.29, 1.82) is 0 Å². The summed E-state index contributed by atoms with van der Waals surface area (Å²) in [6.45, 7) is 9.77. The largest absolute Gasteiger partial charge is 0.342 e. The molecule has 0 N–H and O–H groups in total. The molecule has 10 rings (SSSR count). The summed E-state index contributed by atoms with van der Waals surface area (Å²) in [5.41, 5.74) is 22.2. The highest BCUT2D eigenvalue weighted by atomic mass is 79.9. The summed E-state index contributed by atoms with van der Waals surface area (Å²) >= 11 is 7.19. The van der Waals surface area contributed by atoms with E-state index in [4.69, 9.17) is 0 Å². The van der Waals surface area contributed by atoms with Crippen LogP contribution in [0, 0.1) is 20.8 Å². The van der Waals surface area contributed by atoms with Gasteiger partial charge < -0.3 is 9.80 Å². The molecule has 0 radical (unpaired) electrons. The number of aryl methyl sites for hydroxylation is 3. The van der Waals surface area contributed by atoms with Crippen LogP contribution in [0.4, 0.5) is 28.4 Å². The first-order chi connectivity index (χ1) is 33.7. The minimum atomic E-state index is -0.0551. The maximum atomic E-state index is 3.62. The lowest BCUT2D eigenvalue weighted by molar-refractivity contribution is 0.346. The van der Waals surface area contributed by atoms with Crippen LogP contribution in [0.1, 0.15) is 66.8 Å². The van der Waals surface area contributed by atoms with E-state index in [-0.39, 0.29) is 5.41 Å². The predicted molar refractivity (Wildman–Crippen MR) is 302 cm³/mol. The van der Waals surface area contributed by atoms with Crippen LogP contribution < -0.4 is 9.80 Å². The Hall–Kier alpha value is -6.46. The lowest BCUT2D eigenvalue weighted by Crippen LogP contribution is -2.30. The van der Waals surface area contributed by atoms with Crippen molar-refractivity contribution in [1.82, 2.24) is 0 Å². The van der Waals surface area contributed by atoms with Gasteiger partial charge in [-0.1, -0.05) is 178 Å². The van der Waals surface area contributed by atoms with Gasteiger partial charge in [0.15, 0.2) is 0 Å². The highest BCUT2D eigenvalue weighted by Gasteiger charge is 2.36. The van der Waals surface area contributed by atoms with Crippen LogP contribution >= 0.6 is 31.9 Å². The third-order valence-corrected chi connectivity index (χ3v) is 15.4. The van der Waals surface area contributed by atoms with Gasteiger partial charge in [0.1, 0.15) is 0 Å². The van der Waals surface area contributed by atoms with Gasteiger partial charge in [0.05, 0.1) is 5.69 Å². The summed E-state index contributed by atoms with van der Waals surface area (Å²) in [4.78, 5) is 4.86. The normalized spacial score (nSPS) is 13.2. The molecular weight excluding hydrogens is 969 g/mol. The Morgan fingerprint density at radius 1 is 0.420 bits per heavy atom. The second-order valence-corrected chi connectivity index (χ2v) is 20.6. The smallest absolute Gasteiger partial charge is 0.0540 e. The van der Waals surface area contributed by atoms with Crippen LogP contribution in [0.5, 0.6) is 0 Å². The van der Waals surface area contributed by atoms with Crippen molar-refractivity contribution < 1.29 is 0 Å². The summed E-state index contributed by atoms with van der Waals surface area (Å²) in [6.07, 6.45) is 6.01. The molecule has 1 saturated carbocycles. The van der Waals surface area contributed by atoms with E-state index >= 15 is 0 Å². The molecule has 342 valence electrons. The number of hydrogen-bond acceptors (Lipinski definition) is 2. The quantitative estimate of drug-likeness (QED) is 0.120. The van der Waals surface area contributed by atoms with Gasteiger partial charge in [0, 0.05) is 49.2 Å². The Bertz CT molecular complexity index is 3160. The number of rotatable bonds is 12. The summed E-state index contributed by atoms with van der Waals surface area (Å²) in [5, 5.41) is 0. The number of hydrogen-bond donors (Lipinski definition) is 0. The van der Waals surface area contributed by atoms with Crippen LogP contribution in [-0.2, 0) is 5.41 Å². The van der Waals surface area contributed by atoms with Crippen molar-refractivity contribution in [3.05, 3.63) is 243 Å². The first-order valence-electron chi connectivity index (χ1n) is 24.5. The molecule has 0 atom stereocenters. The zero-order chi connectivity index (χ0) is 47.5. The maximum Gasteiger partial charge on any atom is 0.0540 e. The number of anilines is 5.